The molecule has 1 fully saturated rings. The first-order chi connectivity index (χ1) is 14.6. The summed E-state index contributed by atoms with van der Waals surface area (Å²) in [6.45, 7) is 3.18. The lowest BCUT2D eigenvalue weighted by atomic mass is 9.96. The van der Waals surface area contributed by atoms with E-state index in [0.717, 1.165) is 18.7 Å². The molecule has 3 rings (SSSR count). The predicted molar refractivity (Wildman–Crippen MR) is 106 cm³/mol. The molecule has 1 aromatic carbocycles. The number of fused-ring (bicyclic) bond motifs is 1. The highest BCUT2D eigenvalue weighted by atomic mass is 79.9. The molecular weight excluding hydrogens is 478 g/mol. The maximum Gasteiger partial charge on any atom is 0.303 e. The smallest absolute Gasteiger partial charge is 0.303 e. The van der Waals surface area contributed by atoms with E-state index in [4.69, 9.17) is 18.9 Å². The normalized spacial score (nSPS) is 27.5. The topological polar surface area (TPSA) is 126 Å². The lowest BCUT2D eigenvalue weighted by molar-refractivity contribution is -0.216. The van der Waals surface area contributed by atoms with Crippen LogP contribution in [0.25, 0.3) is 0 Å². The summed E-state index contributed by atoms with van der Waals surface area (Å²) in [7, 11) is 0. The second-order valence-electron chi connectivity index (χ2n) is 6.99. The second kappa shape index (κ2) is 9.15. The van der Waals surface area contributed by atoms with Gasteiger partial charge in [-0.25, -0.2) is 0 Å². The van der Waals surface area contributed by atoms with Gasteiger partial charge in [0, 0.05) is 20.8 Å². The van der Waals surface area contributed by atoms with Crippen molar-refractivity contribution in [3.8, 4) is 0 Å². The molecule has 0 spiro atoms. The minimum absolute atomic E-state index is 0.194. The lowest BCUT2D eigenvalue weighted by Crippen LogP contribution is -2.65. The largest absolute Gasteiger partial charge is 0.463 e. The fourth-order valence-electron chi connectivity index (χ4n) is 3.62. The average molecular weight is 498 g/mol. The molecule has 1 aromatic rings. The number of halogens is 1. The molecule has 2 amide bonds. The Labute approximate surface area is 185 Å². The van der Waals surface area contributed by atoms with Crippen LogP contribution in [0.3, 0.4) is 0 Å². The summed E-state index contributed by atoms with van der Waals surface area (Å²) in [6.07, 6.45) is -3.54. The molecule has 0 aromatic heterocycles. The van der Waals surface area contributed by atoms with Gasteiger partial charge in [0.1, 0.15) is 23.8 Å². The number of rotatable bonds is 5. The van der Waals surface area contributed by atoms with Crippen LogP contribution in [0.15, 0.2) is 24.3 Å². The number of carbonyl (C=O) groups excluding carboxylic acids is 5. The van der Waals surface area contributed by atoms with Gasteiger partial charge in [-0.1, -0.05) is 28.1 Å². The Bertz CT molecular complexity index is 898. The van der Waals surface area contributed by atoms with E-state index < -0.39 is 59.1 Å². The summed E-state index contributed by atoms with van der Waals surface area (Å²) in [5, 5.41) is -1.01. The molecule has 2 aliphatic heterocycles. The molecule has 0 aliphatic carbocycles. The number of imide groups is 1. The van der Waals surface area contributed by atoms with E-state index in [1.807, 2.05) is 0 Å². The first-order valence-corrected chi connectivity index (χ1v) is 10.3. The van der Waals surface area contributed by atoms with Gasteiger partial charge in [-0.2, -0.15) is 0 Å². The zero-order valence-electron chi connectivity index (χ0n) is 16.9. The molecule has 11 heteroatoms. The Balaban J connectivity index is 2.01. The van der Waals surface area contributed by atoms with Crippen LogP contribution in [0.2, 0.25) is 0 Å². The third-order valence-electron chi connectivity index (χ3n) is 4.78. The summed E-state index contributed by atoms with van der Waals surface area (Å²) in [5.41, 5.74) is 0.389. The SMILES string of the molecule is CC(=O)OCC1O[C@H](Br)[C@@H](N2C(=O)c3ccccc3C2=O)C(OC(C)=O)[C@@H]1OC(C)=O. The van der Waals surface area contributed by atoms with Crippen LogP contribution in [0, 0.1) is 0 Å². The summed E-state index contributed by atoms with van der Waals surface area (Å²) < 4.78 is 21.5. The zero-order valence-corrected chi connectivity index (χ0v) is 18.5. The van der Waals surface area contributed by atoms with Crippen LogP contribution in [-0.4, -0.2) is 70.6 Å². The fourth-order valence-corrected chi connectivity index (χ4v) is 4.43. The number of hydrogen-bond acceptors (Lipinski definition) is 9. The van der Waals surface area contributed by atoms with Crippen molar-refractivity contribution in [3.63, 3.8) is 0 Å². The molecule has 0 radical (unpaired) electrons. The molecule has 0 N–H and O–H groups in total. The van der Waals surface area contributed by atoms with Crippen molar-refractivity contribution in [3.05, 3.63) is 35.4 Å². The molecule has 2 heterocycles. The first kappa shape index (κ1) is 22.9. The highest BCUT2D eigenvalue weighted by Gasteiger charge is 2.56. The van der Waals surface area contributed by atoms with Crippen LogP contribution < -0.4 is 0 Å². The molecular formula is C20H20BrNO9. The quantitative estimate of drug-likeness (QED) is 0.255. The van der Waals surface area contributed by atoms with Gasteiger partial charge < -0.3 is 18.9 Å². The molecule has 5 atom stereocenters. The van der Waals surface area contributed by atoms with Gasteiger partial charge in [-0.3, -0.25) is 28.9 Å². The van der Waals surface area contributed by atoms with Gasteiger partial charge in [-0.15, -0.1) is 0 Å². The molecule has 2 unspecified atom stereocenters. The van der Waals surface area contributed by atoms with E-state index in [1.165, 1.54) is 19.1 Å². The number of esters is 3. The highest BCUT2D eigenvalue weighted by molar-refractivity contribution is 9.09. The third kappa shape index (κ3) is 4.62. The van der Waals surface area contributed by atoms with Gasteiger partial charge in [0.25, 0.3) is 11.8 Å². The van der Waals surface area contributed by atoms with E-state index in [0.29, 0.717) is 0 Å². The lowest BCUT2D eigenvalue weighted by Gasteiger charge is -2.45. The summed E-state index contributed by atoms with van der Waals surface area (Å²) >= 11 is 3.30. The van der Waals surface area contributed by atoms with Crippen molar-refractivity contribution in [1.82, 2.24) is 4.90 Å². The fraction of sp³-hybridized carbons (Fsp3) is 0.450. The summed E-state index contributed by atoms with van der Waals surface area (Å²) in [6, 6.07) is 5.11. The van der Waals surface area contributed by atoms with E-state index in [9.17, 15) is 24.0 Å². The first-order valence-electron chi connectivity index (χ1n) is 9.36. The number of nitrogens with zero attached hydrogens (tertiary/aromatic N) is 1. The number of benzene rings is 1. The Morgan fingerprint density at radius 3 is 1.94 bits per heavy atom. The third-order valence-corrected chi connectivity index (χ3v) is 5.54. The van der Waals surface area contributed by atoms with Gasteiger partial charge in [0.05, 0.1) is 11.1 Å². The van der Waals surface area contributed by atoms with Crippen molar-refractivity contribution < 1.29 is 42.9 Å². The van der Waals surface area contributed by atoms with Crippen molar-refractivity contribution in [2.24, 2.45) is 0 Å². The average Bonchev–Trinajstić information content (AvgIpc) is 2.93. The van der Waals surface area contributed by atoms with Crippen molar-refractivity contribution >= 4 is 45.7 Å². The van der Waals surface area contributed by atoms with Crippen molar-refractivity contribution in [2.45, 2.75) is 50.1 Å². The molecule has 166 valence electrons. The number of alkyl halides is 1. The Morgan fingerprint density at radius 2 is 1.45 bits per heavy atom. The van der Waals surface area contributed by atoms with Crippen LogP contribution >= 0.6 is 15.9 Å². The number of ether oxygens (including phenoxy) is 4. The Hall–Kier alpha value is -2.79. The van der Waals surface area contributed by atoms with Crippen molar-refractivity contribution in [1.29, 1.82) is 0 Å². The van der Waals surface area contributed by atoms with E-state index in [-0.39, 0.29) is 17.7 Å². The molecule has 1 saturated heterocycles. The monoisotopic (exact) mass is 497 g/mol. The minimum Gasteiger partial charge on any atom is -0.463 e. The van der Waals surface area contributed by atoms with Crippen molar-refractivity contribution in [2.75, 3.05) is 6.61 Å². The zero-order chi connectivity index (χ0) is 22.9. The van der Waals surface area contributed by atoms with Crippen LogP contribution in [0.4, 0.5) is 0 Å². The van der Waals surface area contributed by atoms with Crippen LogP contribution in [0.1, 0.15) is 41.5 Å². The van der Waals surface area contributed by atoms with Crippen LogP contribution in [-0.2, 0) is 33.3 Å². The molecule has 31 heavy (non-hydrogen) atoms. The summed E-state index contributed by atoms with van der Waals surface area (Å²) in [5.74, 6) is -3.24. The molecule has 2 aliphatic rings. The Kier molecular flexibility index (Phi) is 6.75. The molecule has 0 bridgehead atoms. The number of carbonyl (C=O) groups is 5. The predicted octanol–water partition coefficient (Wildman–Crippen LogP) is 1.20. The van der Waals surface area contributed by atoms with E-state index in [1.54, 1.807) is 12.1 Å². The number of amides is 2. The highest BCUT2D eigenvalue weighted by Crippen LogP contribution is 2.36. The summed E-state index contributed by atoms with van der Waals surface area (Å²) in [4.78, 5) is 61.9. The standard InChI is InChI=1S/C20H20BrNO9/c1-9(23)28-8-14-16(29-10(2)24)17(30-11(3)25)15(18(21)31-14)22-19(26)12-6-4-5-7-13(12)20(22)27/h4-7,14-18H,8H2,1-3H3/t14?,15-,16+,17?,18-/m0/s1. The Morgan fingerprint density at radius 1 is 0.935 bits per heavy atom. The van der Waals surface area contributed by atoms with E-state index >= 15 is 0 Å². The molecule has 0 saturated carbocycles. The number of hydrogen-bond donors (Lipinski definition) is 0. The maximum atomic E-state index is 13.0. The second-order valence-corrected chi connectivity index (χ2v) is 7.90. The van der Waals surface area contributed by atoms with Gasteiger partial charge >= 0.3 is 17.9 Å². The minimum atomic E-state index is -1.28. The molecule has 10 nitrogen and oxygen atoms in total. The van der Waals surface area contributed by atoms with Gasteiger partial charge in [-0.05, 0) is 12.1 Å². The van der Waals surface area contributed by atoms with Gasteiger partial charge in [0.15, 0.2) is 12.2 Å². The maximum absolute atomic E-state index is 13.0. The van der Waals surface area contributed by atoms with Crippen LogP contribution in [0.5, 0.6) is 0 Å². The van der Waals surface area contributed by atoms with E-state index in [2.05, 4.69) is 15.9 Å². The van der Waals surface area contributed by atoms with Gasteiger partial charge in [0.2, 0.25) is 0 Å².